The number of sulfonamides is 1. The van der Waals surface area contributed by atoms with Gasteiger partial charge in [0.15, 0.2) is 0 Å². The van der Waals surface area contributed by atoms with Crippen LogP contribution in [0.3, 0.4) is 0 Å². The molecule has 1 heterocycles. The normalized spacial score (nSPS) is 14.4. The largest absolute Gasteiger partial charge is 0.306 e. The summed E-state index contributed by atoms with van der Waals surface area (Å²) in [5, 5.41) is 0. The Morgan fingerprint density at radius 1 is 1.15 bits per heavy atom. The van der Waals surface area contributed by atoms with E-state index in [0.29, 0.717) is 17.7 Å². The zero-order valence-electron chi connectivity index (χ0n) is 15.3. The maximum absolute atomic E-state index is 13.2. The Hall–Kier alpha value is -1.83. The summed E-state index contributed by atoms with van der Waals surface area (Å²) in [6.07, 6.45) is 0. The van der Waals surface area contributed by atoms with Crippen molar-refractivity contribution < 1.29 is 13.2 Å². The van der Waals surface area contributed by atoms with E-state index in [1.54, 1.807) is 29.7 Å². The molecule has 0 bridgehead atoms. The van der Waals surface area contributed by atoms with Crippen molar-refractivity contribution in [2.45, 2.75) is 23.6 Å². The number of nitrogens with zero attached hydrogens (tertiary/aromatic N) is 2. The third-order valence-electron chi connectivity index (χ3n) is 4.60. The molecule has 138 valence electrons. The Balaban J connectivity index is 2.09. The maximum Gasteiger partial charge on any atom is 0.258 e. The number of anilines is 1. The van der Waals surface area contributed by atoms with Gasteiger partial charge in [-0.2, -0.15) is 0 Å². The molecule has 0 saturated carbocycles. The summed E-state index contributed by atoms with van der Waals surface area (Å²) in [6, 6.07) is 11.1. The molecule has 0 aliphatic carbocycles. The van der Waals surface area contributed by atoms with Gasteiger partial charge >= 0.3 is 0 Å². The number of rotatable bonds is 3. The lowest BCUT2D eigenvalue weighted by Gasteiger charge is -2.29. The van der Waals surface area contributed by atoms with Crippen molar-refractivity contribution in [2.75, 3.05) is 31.3 Å². The lowest BCUT2D eigenvalue weighted by molar-refractivity contribution is 0.0987. The van der Waals surface area contributed by atoms with E-state index in [4.69, 9.17) is 0 Å². The predicted molar refractivity (Wildman–Crippen MR) is 106 cm³/mol. The average Bonchev–Trinajstić information content (AvgIpc) is 2.62. The summed E-state index contributed by atoms with van der Waals surface area (Å²) in [4.78, 5) is 16.2. The molecule has 0 aromatic heterocycles. The number of aryl methyl sites for hydroxylation is 1. The maximum atomic E-state index is 13.2. The van der Waals surface area contributed by atoms with Crippen molar-refractivity contribution in [2.24, 2.45) is 0 Å². The fourth-order valence-electron chi connectivity index (χ4n) is 2.95. The molecule has 0 radical (unpaired) electrons. The summed E-state index contributed by atoms with van der Waals surface area (Å²) in [5.74, 6) is 0.646. The number of thioether (sulfide) groups is 1. The van der Waals surface area contributed by atoms with Gasteiger partial charge in [-0.25, -0.2) is 12.7 Å². The van der Waals surface area contributed by atoms with Gasteiger partial charge in [-0.05, 0) is 49.2 Å². The second-order valence-corrected chi connectivity index (χ2v) is 9.73. The number of para-hydroxylation sites is 1. The first-order chi connectivity index (χ1) is 12.2. The minimum Gasteiger partial charge on any atom is -0.306 e. The molecule has 1 amide bonds. The summed E-state index contributed by atoms with van der Waals surface area (Å²) in [6.45, 7) is 4.21. The first kappa shape index (κ1) is 18.9. The molecule has 26 heavy (non-hydrogen) atoms. The number of fused-ring (bicyclic) bond motifs is 1. The van der Waals surface area contributed by atoms with Crippen LogP contribution >= 0.6 is 11.8 Å². The molecule has 3 rings (SSSR count). The Kier molecular flexibility index (Phi) is 5.14. The number of carbonyl (C=O) groups is 1. The molecule has 0 N–H and O–H groups in total. The number of benzene rings is 2. The summed E-state index contributed by atoms with van der Waals surface area (Å²) in [5.41, 5.74) is 2.74. The van der Waals surface area contributed by atoms with E-state index < -0.39 is 10.0 Å². The fraction of sp³-hybridized carbons (Fsp3) is 0.316. The van der Waals surface area contributed by atoms with Crippen LogP contribution in [0.4, 0.5) is 5.69 Å². The van der Waals surface area contributed by atoms with Gasteiger partial charge in [-0.15, -0.1) is 11.8 Å². The topological polar surface area (TPSA) is 57.7 Å². The molecule has 0 spiro atoms. The molecule has 2 aromatic carbocycles. The van der Waals surface area contributed by atoms with Gasteiger partial charge in [-0.1, -0.05) is 12.1 Å². The molecule has 1 aliphatic heterocycles. The Bertz CT molecular complexity index is 969. The molecule has 0 unspecified atom stereocenters. The molecular formula is C19H22N2O3S2. The third kappa shape index (κ3) is 3.26. The van der Waals surface area contributed by atoms with Gasteiger partial charge in [0, 0.05) is 36.9 Å². The minimum atomic E-state index is -3.62. The van der Waals surface area contributed by atoms with E-state index in [0.717, 1.165) is 21.9 Å². The van der Waals surface area contributed by atoms with Crippen LogP contribution in [0.15, 0.2) is 46.2 Å². The zero-order chi connectivity index (χ0) is 19.1. The third-order valence-corrected chi connectivity index (χ3v) is 7.58. The molecule has 0 saturated heterocycles. The van der Waals surface area contributed by atoms with Gasteiger partial charge < -0.3 is 4.90 Å². The molecule has 1 aliphatic rings. The van der Waals surface area contributed by atoms with Crippen LogP contribution in [-0.2, 0) is 10.0 Å². The van der Waals surface area contributed by atoms with E-state index in [1.807, 2.05) is 31.2 Å². The van der Waals surface area contributed by atoms with E-state index >= 15 is 0 Å². The van der Waals surface area contributed by atoms with Crippen LogP contribution in [0.1, 0.15) is 21.5 Å². The van der Waals surface area contributed by atoms with Gasteiger partial charge in [0.25, 0.3) is 5.91 Å². The van der Waals surface area contributed by atoms with Crippen LogP contribution in [0.2, 0.25) is 0 Å². The Labute approximate surface area is 159 Å². The first-order valence-electron chi connectivity index (χ1n) is 8.31. The van der Waals surface area contributed by atoms with Crippen LogP contribution in [0, 0.1) is 13.8 Å². The predicted octanol–water partition coefficient (Wildman–Crippen LogP) is 3.31. The summed E-state index contributed by atoms with van der Waals surface area (Å²) in [7, 11) is -0.625. The van der Waals surface area contributed by atoms with Gasteiger partial charge in [0.1, 0.15) is 0 Å². The average molecular weight is 391 g/mol. The fourth-order valence-corrected chi connectivity index (χ4v) is 5.16. The van der Waals surface area contributed by atoms with E-state index in [-0.39, 0.29) is 10.8 Å². The molecular weight excluding hydrogens is 368 g/mol. The minimum absolute atomic E-state index is 0.170. The lowest BCUT2D eigenvalue weighted by atomic mass is 10.0. The van der Waals surface area contributed by atoms with Crippen molar-refractivity contribution in [1.29, 1.82) is 0 Å². The quantitative estimate of drug-likeness (QED) is 0.807. The molecule has 2 aromatic rings. The van der Waals surface area contributed by atoms with Crippen LogP contribution in [-0.4, -0.2) is 45.0 Å². The SMILES string of the molecule is Cc1cc(C(=O)N2CCSc3ccccc32)cc(S(=O)(=O)N(C)C)c1C. The highest BCUT2D eigenvalue weighted by atomic mass is 32.2. The molecule has 0 fully saturated rings. The number of carbonyl (C=O) groups excluding carboxylic acids is 1. The smallest absolute Gasteiger partial charge is 0.258 e. The summed E-state index contributed by atoms with van der Waals surface area (Å²) < 4.78 is 26.5. The first-order valence-corrected chi connectivity index (χ1v) is 10.7. The van der Waals surface area contributed by atoms with Crippen molar-refractivity contribution in [3.05, 3.63) is 53.1 Å². The van der Waals surface area contributed by atoms with E-state index in [1.165, 1.54) is 24.5 Å². The van der Waals surface area contributed by atoms with Gasteiger partial charge in [0.05, 0.1) is 10.6 Å². The number of hydrogen-bond donors (Lipinski definition) is 0. The van der Waals surface area contributed by atoms with Crippen molar-refractivity contribution >= 4 is 33.4 Å². The van der Waals surface area contributed by atoms with Crippen molar-refractivity contribution in [3.8, 4) is 0 Å². The molecule has 5 nitrogen and oxygen atoms in total. The van der Waals surface area contributed by atoms with Crippen LogP contribution < -0.4 is 4.90 Å². The number of amides is 1. The van der Waals surface area contributed by atoms with Crippen LogP contribution in [0.25, 0.3) is 0 Å². The second-order valence-electron chi connectivity index (χ2n) is 6.48. The molecule has 7 heteroatoms. The van der Waals surface area contributed by atoms with Crippen molar-refractivity contribution in [1.82, 2.24) is 4.31 Å². The van der Waals surface area contributed by atoms with E-state index in [9.17, 15) is 13.2 Å². The van der Waals surface area contributed by atoms with Gasteiger partial charge in [-0.3, -0.25) is 4.79 Å². The highest BCUT2D eigenvalue weighted by Crippen LogP contribution is 2.35. The second kappa shape index (κ2) is 7.06. The zero-order valence-corrected chi connectivity index (χ0v) is 16.9. The summed E-state index contributed by atoms with van der Waals surface area (Å²) >= 11 is 1.73. The monoisotopic (exact) mass is 390 g/mol. The lowest BCUT2D eigenvalue weighted by Crippen LogP contribution is -2.35. The van der Waals surface area contributed by atoms with E-state index in [2.05, 4.69) is 0 Å². The highest BCUT2D eigenvalue weighted by Gasteiger charge is 2.27. The molecule has 0 atom stereocenters. The highest BCUT2D eigenvalue weighted by molar-refractivity contribution is 7.99. The van der Waals surface area contributed by atoms with Gasteiger partial charge in [0.2, 0.25) is 10.0 Å². The standard InChI is InChI=1S/C19H22N2O3S2/c1-13-11-15(12-18(14(13)2)26(23,24)20(3)4)19(22)21-9-10-25-17-8-6-5-7-16(17)21/h5-8,11-12H,9-10H2,1-4H3. The van der Waals surface area contributed by atoms with Crippen molar-refractivity contribution in [3.63, 3.8) is 0 Å². The van der Waals surface area contributed by atoms with Crippen LogP contribution in [0.5, 0.6) is 0 Å². The Morgan fingerprint density at radius 2 is 1.85 bits per heavy atom. The number of hydrogen-bond acceptors (Lipinski definition) is 4. The Morgan fingerprint density at radius 3 is 2.54 bits per heavy atom.